The molecule has 0 nitrogen and oxygen atoms in total. The molecule has 84 valence electrons. The van der Waals surface area contributed by atoms with Crippen molar-refractivity contribution in [3.05, 3.63) is 50.1 Å². The van der Waals surface area contributed by atoms with Crippen molar-refractivity contribution in [2.45, 2.75) is 24.5 Å². The lowest BCUT2D eigenvalue weighted by atomic mass is 10.2. The van der Waals surface area contributed by atoms with Crippen molar-refractivity contribution in [3.8, 4) is 0 Å². The van der Waals surface area contributed by atoms with Crippen LogP contribution in [-0.2, 0) is 5.75 Å². The normalized spacial score (nSPS) is 10.7. The van der Waals surface area contributed by atoms with Crippen molar-refractivity contribution in [3.63, 3.8) is 0 Å². The maximum absolute atomic E-state index is 3.49. The first kappa shape index (κ1) is 12.2. The van der Waals surface area contributed by atoms with E-state index in [-0.39, 0.29) is 0 Å². The molecule has 0 spiro atoms. The van der Waals surface area contributed by atoms with Crippen LogP contribution in [0, 0.1) is 13.8 Å². The second-order valence-electron chi connectivity index (χ2n) is 3.76. The summed E-state index contributed by atoms with van der Waals surface area (Å²) in [6.07, 6.45) is 0. The Hall–Kier alpha value is -0.250. The Balaban J connectivity index is 2.04. The molecule has 0 fully saturated rings. The number of benzene rings is 1. The van der Waals surface area contributed by atoms with Crippen LogP contribution in [0.4, 0.5) is 0 Å². The van der Waals surface area contributed by atoms with Crippen LogP contribution in [0.5, 0.6) is 0 Å². The summed E-state index contributed by atoms with van der Waals surface area (Å²) in [5.41, 5.74) is 2.71. The molecule has 3 heteroatoms. The maximum atomic E-state index is 3.49. The van der Waals surface area contributed by atoms with E-state index in [1.54, 1.807) is 0 Å². The van der Waals surface area contributed by atoms with Gasteiger partial charge in [0.1, 0.15) is 0 Å². The minimum Gasteiger partial charge on any atom is -0.132 e. The molecule has 0 bridgehead atoms. The summed E-state index contributed by atoms with van der Waals surface area (Å²) in [7, 11) is 0. The Bertz CT molecular complexity index is 488. The average Bonchev–Trinajstić information content (AvgIpc) is 2.63. The topological polar surface area (TPSA) is 0 Å². The molecule has 0 aliphatic carbocycles. The molecule has 0 N–H and O–H groups in total. The molecule has 0 amide bonds. The number of rotatable bonds is 3. The van der Waals surface area contributed by atoms with Crippen LogP contribution in [0.2, 0.25) is 0 Å². The van der Waals surface area contributed by atoms with E-state index in [0.29, 0.717) is 0 Å². The maximum Gasteiger partial charge on any atom is 0.0701 e. The van der Waals surface area contributed by atoms with Gasteiger partial charge in [0.15, 0.2) is 0 Å². The van der Waals surface area contributed by atoms with E-state index in [1.165, 1.54) is 24.7 Å². The molecule has 16 heavy (non-hydrogen) atoms. The molecule has 0 saturated carbocycles. The molecule has 1 heterocycles. The highest BCUT2D eigenvalue weighted by Crippen LogP contribution is 2.30. The van der Waals surface area contributed by atoms with E-state index in [0.717, 1.165) is 5.75 Å². The monoisotopic (exact) mass is 312 g/mol. The second kappa shape index (κ2) is 5.39. The van der Waals surface area contributed by atoms with Gasteiger partial charge in [-0.3, -0.25) is 0 Å². The third kappa shape index (κ3) is 3.12. The first-order valence-corrected chi connectivity index (χ1v) is 7.69. The minimum atomic E-state index is 1.06. The Morgan fingerprint density at radius 3 is 2.62 bits per heavy atom. The van der Waals surface area contributed by atoms with Crippen molar-refractivity contribution in [2.75, 3.05) is 0 Å². The van der Waals surface area contributed by atoms with E-state index < -0.39 is 0 Å². The highest BCUT2D eigenvalue weighted by molar-refractivity contribution is 9.11. The largest absolute Gasteiger partial charge is 0.132 e. The van der Waals surface area contributed by atoms with Crippen molar-refractivity contribution < 1.29 is 0 Å². The van der Waals surface area contributed by atoms with Crippen LogP contribution >= 0.6 is 39.0 Å². The zero-order valence-electron chi connectivity index (χ0n) is 9.29. The minimum absolute atomic E-state index is 1.06. The Labute approximate surface area is 113 Å². The molecule has 0 aliphatic heterocycles. The quantitative estimate of drug-likeness (QED) is 0.682. The summed E-state index contributed by atoms with van der Waals surface area (Å²) in [5, 5.41) is 0. The number of aryl methyl sites for hydroxylation is 2. The summed E-state index contributed by atoms with van der Waals surface area (Å²) < 4.78 is 1.21. The van der Waals surface area contributed by atoms with Gasteiger partial charge in [0, 0.05) is 15.5 Å². The van der Waals surface area contributed by atoms with Gasteiger partial charge < -0.3 is 0 Å². The smallest absolute Gasteiger partial charge is 0.0701 e. The standard InChI is InChI=1S/C13H13BrS2/c1-9-3-5-12(10(2)7-9)15-8-11-4-6-13(14)16-11/h3-7H,8H2,1-2H3. The lowest BCUT2D eigenvalue weighted by molar-refractivity contribution is 1.26. The summed E-state index contributed by atoms with van der Waals surface area (Å²) in [6, 6.07) is 10.9. The van der Waals surface area contributed by atoms with Crippen molar-refractivity contribution in [1.29, 1.82) is 0 Å². The van der Waals surface area contributed by atoms with Gasteiger partial charge in [-0.25, -0.2) is 0 Å². The van der Waals surface area contributed by atoms with Gasteiger partial charge >= 0.3 is 0 Å². The Morgan fingerprint density at radius 2 is 2.00 bits per heavy atom. The fraction of sp³-hybridized carbons (Fsp3) is 0.231. The summed E-state index contributed by atoms with van der Waals surface area (Å²) in [6.45, 7) is 4.32. The highest BCUT2D eigenvalue weighted by atomic mass is 79.9. The van der Waals surface area contributed by atoms with E-state index in [1.807, 2.05) is 23.1 Å². The fourth-order valence-electron chi connectivity index (χ4n) is 1.54. The van der Waals surface area contributed by atoms with Gasteiger partial charge in [0.25, 0.3) is 0 Å². The Morgan fingerprint density at radius 1 is 1.19 bits per heavy atom. The van der Waals surface area contributed by atoms with Gasteiger partial charge in [-0.1, -0.05) is 17.7 Å². The third-order valence-electron chi connectivity index (χ3n) is 2.33. The number of hydrogen-bond acceptors (Lipinski definition) is 2. The van der Waals surface area contributed by atoms with Gasteiger partial charge in [-0.05, 0) is 53.5 Å². The van der Waals surface area contributed by atoms with Crippen LogP contribution in [0.1, 0.15) is 16.0 Å². The van der Waals surface area contributed by atoms with Gasteiger partial charge in [-0.15, -0.1) is 23.1 Å². The number of hydrogen-bond donors (Lipinski definition) is 0. The first-order valence-electron chi connectivity index (χ1n) is 5.09. The van der Waals surface area contributed by atoms with E-state index in [9.17, 15) is 0 Å². The molecule has 2 aromatic rings. The zero-order valence-corrected chi connectivity index (χ0v) is 12.5. The number of thioether (sulfide) groups is 1. The van der Waals surface area contributed by atoms with Crippen LogP contribution in [0.3, 0.4) is 0 Å². The molecule has 1 aromatic heterocycles. The van der Waals surface area contributed by atoms with Gasteiger partial charge in [0.05, 0.1) is 3.79 Å². The van der Waals surface area contributed by atoms with E-state index >= 15 is 0 Å². The van der Waals surface area contributed by atoms with Crippen molar-refractivity contribution in [1.82, 2.24) is 0 Å². The van der Waals surface area contributed by atoms with Gasteiger partial charge in [-0.2, -0.15) is 0 Å². The molecule has 0 atom stereocenters. The van der Waals surface area contributed by atoms with Crippen LogP contribution in [0.15, 0.2) is 39.0 Å². The molecule has 1 aromatic carbocycles. The van der Waals surface area contributed by atoms with Crippen molar-refractivity contribution in [2.24, 2.45) is 0 Å². The molecule has 0 unspecified atom stereocenters. The molecule has 2 rings (SSSR count). The summed E-state index contributed by atoms with van der Waals surface area (Å²) in [5.74, 6) is 1.06. The molecular weight excluding hydrogens is 300 g/mol. The second-order valence-corrected chi connectivity index (χ2v) is 7.33. The number of thiophene rings is 1. The van der Waals surface area contributed by atoms with Crippen LogP contribution in [-0.4, -0.2) is 0 Å². The van der Waals surface area contributed by atoms with Crippen molar-refractivity contribution >= 4 is 39.0 Å². The molecule has 0 saturated heterocycles. The fourth-order valence-corrected chi connectivity index (χ4v) is 4.08. The Kier molecular flexibility index (Phi) is 4.11. The van der Waals surface area contributed by atoms with E-state index in [2.05, 4.69) is 60.1 Å². The van der Waals surface area contributed by atoms with E-state index in [4.69, 9.17) is 0 Å². The SMILES string of the molecule is Cc1ccc(SCc2ccc(Br)s2)c(C)c1. The number of halogens is 1. The lowest BCUT2D eigenvalue weighted by Gasteiger charge is -2.05. The third-order valence-corrected chi connectivity index (χ3v) is 5.36. The lowest BCUT2D eigenvalue weighted by Crippen LogP contribution is -1.82. The molecule has 0 aliphatic rings. The van der Waals surface area contributed by atoms with Crippen LogP contribution in [0.25, 0.3) is 0 Å². The van der Waals surface area contributed by atoms with Crippen LogP contribution < -0.4 is 0 Å². The summed E-state index contributed by atoms with van der Waals surface area (Å²) >= 11 is 7.22. The average molecular weight is 313 g/mol. The zero-order chi connectivity index (χ0) is 11.5. The van der Waals surface area contributed by atoms with Gasteiger partial charge in [0.2, 0.25) is 0 Å². The predicted molar refractivity (Wildman–Crippen MR) is 77.5 cm³/mol. The summed E-state index contributed by atoms with van der Waals surface area (Å²) in [4.78, 5) is 2.80. The highest BCUT2D eigenvalue weighted by Gasteiger charge is 2.02. The molecular formula is C13H13BrS2. The predicted octanol–water partition coefficient (Wildman–Crippen LogP) is 5.42. The first-order chi connectivity index (χ1) is 7.65. The molecule has 0 radical (unpaired) electrons.